The highest BCUT2D eigenvalue weighted by molar-refractivity contribution is 5.75. The van der Waals surface area contributed by atoms with Crippen LogP contribution in [0.2, 0.25) is 0 Å². The molecule has 0 saturated carbocycles. The Kier molecular flexibility index (Phi) is 3.63. The molecule has 0 amide bonds. The maximum Gasteiger partial charge on any atom is 0.125 e. The van der Waals surface area contributed by atoms with Gasteiger partial charge in [0.25, 0.3) is 0 Å². The number of fused-ring (bicyclic) bond motifs is 1. The van der Waals surface area contributed by atoms with Crippen LogP contribution in [0.5, 0.6) is 0 Å². The average molecular weight is 263 g/mol. The summed E-state index contributed by atoms with van der Waals surface area (Å²) < 4.78 is 15.2. The molecule has 0 aliphatic heterocycles. The Morgan fingerprint density at radius 3 is 2.68 bits per heavy atom. The minimum absolute atomic E-state index is 0.0698. The van der Waals surface area contributed by atoms with Crippen molar-refractivity contribution in [1.29, 1.82) is 0 Å². The molecule has 4 heteroatoms. The summed E-state index contributed by atoms with van der Waals surface area (Å²) in [6.07, 6.45) is 1.65. The van der Waals surface area contributed by atoms with Crippen LogP contribution in [0.25, 0.3) is 11.0 Å². The van der Waals surface area contributed by atoms with E-state index >= 15 is 0 Å². The first-order valence-corrected chi connectivity index (χ1v) is 6.63. The van der Waals surface area contributed by atoms with E-state index in [0.717, 1.165) is 23.3 Å². The summed E-state index contributed by atoms with van der Waals surface area (Å²) in [5, 5.41) is 0. The number of imidazole rings is 1. The van der Waals surface area contributed by atoms with E-state index in [9.17, 15) is 4.39 Å². The Balaban J connectivity index is 2.24. The topological polar surface area (TPSA) is 43.8 Å². The normalized spacial score (nSPS) is 14.0. The van der Waals surface area contributed by atoms with E-state index in [1.54, 1.807) is 6.07 Å². The molecule has 104 valence electrons. The Hall–Kier alpha value is -1.42. The van der Waals surface area contributed by atoms with Gasteiger partial charge in [-0.3, -0.25) is 0 Å². The van der Waals surface area contributed by atoms with E-state index in [0.29, 0.717) is 6.42 Å². The number of nitrogens with two attached hydrogens (primary N) is 1. The molecule has 0 bridgehead atoms. The third-order valence-corrected chi connectivity index (χ3v) is 3.25. The third-order valence-electron chi connectivity index (χ3n) is 3.25. The summed E-state index contributed by atoms with van der Waals surface area (Å²) in [5.41, 5.74) is 8.03. The van der Waals surface area contributed by atoms with Crippen LogP contribution in [0.15, 0.2) is 18.2 Å². The zero-order valence-electron chi connectivity index (χ0n) is 12.1. The van der Waals surface area contributed by atoms with E-state index in [-0.39, 0.29) is 17.3 Å². The second kappa shape index (κ2) is 4.93. The second-order valence-corrected chi connectivity index (χ2v) is 6.45. The fraction of sp³-hybridized carbons (Fsp3) is 0.533. The summed E-state index contributed by atoms with van der Waals surface area (Å²) in [4.78, 5) is 4.54. The molecule has 1 unspecified atom stereocenters. The summed E-state index contributed by atoms with van der Waals surface area (Å²) in [6.45, 7) is 6.53. The molecule has 0 fully saturated rings. The summed E-state index contributed by atoms with van der Waals surface area (Å²) in [7, 11) is 1.91. The Bertz CT molecular complexity index is 581. The van der Waals surface area contributed by atoms with Gasteiger partial charge in [0.05, 0.1) is 11.0 Å². The lowest BCUT2D eigenvalue weighted by Crippen LogP contribution is -2.29. The predicted octanol–water partition coefficient (Wildman–Crippen LogP) is 3.02. The Morgan fingerprint density at radius 2 is 2.05 bits per heavy atom. The van der Waals surface area contributed by atoms with Crippen LogP contribution in [0.3, 0.4) is 0 Å². The third kappa shape index (κ3) is 3.32. The van der Waals surface area contributed by atoms with Crippen molar-refractivity contribution in [3.63, 3.8) is 0 Å². The molecule has 1 aromatic heterocycles. The van der Waals surface area contributed by atoms with Crippen molar-refractivity contribution in [3.8, 4) is 0 Å². The molecule has 2 rings (SSSR count). The molecule has 1 atom stereocenters. The van der Waals surface area contributed by atoms with Crippen molar-refractivity contribution in [2.75, 3.05) is 0 Å². The number of hydrogen-bond donors (Lipinski definition) is 1. The number of aromatic nitrogens is 2. The molecule has 2 N–H and O–H groups in total. The number of hydrogen-bond acceptors (Lipinski definition) is 2. The van der Waals surface area contributed by atoms with Gasteiger partial charge in [-0.2, -0.15) is 0 Å². The molecule has 1 heterocycles. The molecule has 1 aromatic carbocycles. The first-order chi connectivity index (χ1) is 8.76. The van der Waals surface area contributed by atoms with Crippen molar-refractivity contribution in [1.82, 2.24) is 9.55 Å². The van der Waals surface area contributed by atoms with Crippen LogP contribution in [0, 0.1) is 11.2 Å². The highest BCUT2D eigenvalue weighted by atomic mass is 19.1. The van der Waals surface area contributed by atoms with E-state index < -0.39 is 0 Å². The van der Waals surface area contributed by atoms with Gasteiger partial charge in [0.15, 0.2) is 0 Å². The van der Waals surface area contributed by atoms with Gasteiger partial charge in [-0.1, -0.05) is 20.8 Å². The average Bonchev–Trinajstić information content (AvgIpc) is 2.54. The Labute approximate surface area is 113 Å². The lowest BCUT2D eigenvalue weighted by Gasteiger charge is -2.22. The van der Waals surface area contributed by atoms with Gasteiger partial charge in [0, 0.05) is 19.5 Å². The van der Waals surface area contributed by atoms with Crippen LogP contribution in [-0.2, 0) is 13.5 Å². The van der Waals surface area contributed by atoms with E-state index in [1.165, 1.54) is 12.1 Å². The molecule has 2 aromatic rings. The predicted molar refractivity (Wildman–Crippen MR) is 76.4 cm³/mol. The van der Waals surface area contributed by atoms with Gasteiger partial charge in [0.1, 0.15) is 11.6 Å². The van der Waals surface area contributed by atoms with Gasteiger partial charge in [-0.05, 0) is 30.0 Å². The lowest BCUT2D eigenvalue weighted by atomic mass is 9.87. The minimum atomic E-state index is -0.235. The van der Waals surface area contributed by atoms with Gasteiger partial charge < -0.3 is 10.3 Å². The quantitative estimate of drug-likeness (QED) is 0.925. The highest BCUT2D eigenvalue weighted by Gasteiger charge is 2.18. The summed E-state index contributed by atoms with van der Waals surface area (Å²) in [6, 6.07) is 4.74. The molecule has 0 aliphatic rings. The number of aryl methyl sites for hydroxylation is 1. The smallest absolute Gasteiger partial charge is 0.125 e. The first-order valence-electron chi connectivity index (χ1n) is 6.63. The van der Waals surface area contributed by atoms with Crippen LogP contribution >= 0.6 is 0 Å². The largest absolute Gasteiger partial charge is 0.331 e. The van der Waals surface area contributed by atoms with E-state index in [1.807, 2.05) is 11.6 Å². The van der Waals surface area contributed by atoms with Crippen LogP contribution in [-0.4, -0.2) is 15.6 Å². The molecule has 0 saturated heterocycles. The van der Waals surface area contributed by atoms with Crippen molar-refractivity contribution in [3.05, 3.63) is 29.8 Å². The van der Waals surface area contributed by atoms with Gasteiger partial charge in [-0.25, -0.2) is 9.37 Å². The highest BCUT2D eigenvalue weighted by Crippen LogP contribution is 2.22. The summed E-state index contributed by atoms with van der Waals surface area (Å²) in [5.74, 6) is 0.679. The van der Waals surface area contributed by atoms with Crippen LogP contribution in [0.1, 0.15) is 33.0 Å². The van der Waals surface area contributed by atoms with Crippen molar-refractivity contribution < 1.29 is 4.39 Å². The van der Waals surface area contributed by atoms with Crippen LogP contribution < -0.4 is 5.73 Å². The van der Waals surface area contributed by atoms with Gasteiger partial charge in [-0.15, -0.1) is 0 Å². The minimum Gasteiger partial charge on any atom is -0.331 e. The number of benzene rings is 1. The van der Waals surface area contributed by atoms with Gasteiger partial charge >= 0.3 is 0 Å². The Morgan fingerprint density at radius 1 is 1.37 bits per heavy atom. The standard InChI is InChI=1S/C15H22FN3/c1-15(2,3)9-11(17)8-14-18-12-6-5-10(16)7-13(12)19(14)4/h5-7,11H,8-9,17H2,1-4H3. The molecule has 19 heavy (non-hydrogen) atoms. The first kappa shape index (κ1) is 14.0. The molecule has 0 aliphatic carbocycles. The maximum atomic E-state index is 13.2. The maximum absolute atomic E-state index is 13.2. The molecule has 3 nitrogen and oxygen atoms in total. The molecular weight excluding hydrogens is 241 g/mol. The zero-order valence-corrected chi connectivity index (χ0v) is 12.1. The fourth-order valence-electron chi connectivity index (χ4n) is 2.49. The lowest BCUT2D eigenvalue weighted by molar-refractivity contribution is 0.335. The van der Waals surface area contributed by atoms with Crippen molar-refractivity contribution >= 4 is 11.0 Å². The van der Waals surface area contributed by atoms with Crippen molar-refractivity contribution in [2.24, 2.45) is 18.2 Å². The zero-order chi connectivity index (χ0) is 14.2. The SMILES string of the molecule is Cn1c(CC(N)CC(C)(C)C)nc2ccc(F)cc21. The van der Waals surface area contributed by atoms with E-state index in [2.05, 4.69) is 25.8 Å². The number of nitrogens with zero attached hydrogens (tertiary/aromatic N) is 2. The number of halogens is 1. The second-order valence-electron chi connectivity index (χ2n) is 6.45. The van der Waals surface area contributed by atoms with Crippen molar-refractivity contribution in [2.45, 2.75) is 39.7 Å². The fourth-order valence-corrected chi connectivity index (χ4v) is 2.49. The molecule has 0 spiro atoms. The summed E-state index contributed by atoms with van der Waals surface area (Å²) >= 11 is 0. The van der Waals surface area contributed by atoms with Crippen LogP contribution in [0.4, 0.5) is 4.39 Å². The molecule has 0 radical (unpaired) electrons. The number of rotatable bonds is 3. The van der Waals surface area contributed by atoms with E-state index in [4.69, 9.17) is 5.73 Å². The molecular formula is C15H22FN3. The van der Waals surface area contributed by atoms with Gasteiger partial charge in [0.2, 0.25) is 0 Å². The monoisotopic (exact) mass is 263 g/mol.